The smallest absolute Gasteiger partial charge is 0.423 e. The van der Waals surface area contributed by atoms with Gasteiger partial charge in [0.1, 0.15) is 6.23 Å². The van der Waals surface area contributed by atoms with Gasteiger partial charge in [0.2, 0.25) is 0 Å². The van der Waals surface area contributed by atoms with Crippen LogP contribution in [0.25, 0.3) is 0 Å². The molecule has 3 N–H and O–H groups in total. The zero-order chi connectivity index (χ0) is 13.5. The fourth-order valence-electron chi connectivity index (χ4n) is 1.93. The van der Waals surface area contributed by atoms with Crippen LogP contribution in [0.2, 0.25) is 0 Å². The first-order valence-electron chi connectivity index (χ1n) is 6.47. The summed E-state index contributed by atoms with van der Waals surface area (Å²) in [6, 6.07) is 6.98. The van der Waals surface area contributed by atoms with Crippen LogP contribution in [0.5, 0.6) is 0 Å². The van der Waals surface area contributed by atoms with E-state index < -0.39 is 13.3 Å². The van der Waals surface area contributed by atoms with E-state index in [-0.39, 0.29) is 0 Å². The topological polar surface area (TPSA) is 63.9 Å². The van der Waals surface area contributed by atoms with Crippen molar-refractivity contribution in [3.8, 4) is 0 Å². The van der Waals surface area contributed by atoms with E-state index in [4.69, 9.17) is 10.0 Å². The van der Waals surface area contributed by atoms with Gasteiger partial charge in [-0.3, -0.25) is 0 Å². The Morgan fingerprint density at radius 2 is 2.00 bits per heavy atom. The predicted molar refractivity (Wildman–Crippen MR) is 74.8 cm³/mol. The minimum Gasteiger partial charge on any atom is -0.423 e. The average Bonchev–Trinajstić information content (AvgIpc) is 2.34. The lowest BCUT2D eigenvalue weighted by Gasteiger charge is -2.28. The van der Waals surface area contributed by atoms with Crippen molar-refractivity contribution in [2.45, 2.75) is 39.3 Å². The molecule has 18 heavy (non-hydrogen) atoms. The van der Waals surface area contributed by atoms with Crippen LogP contribution in [0, 0.1) is 0 Å². The van der Waals surface area contributed by atoms with Gasteiger partial charge >= 0.3 is 7.12 Å². The van der Waals surface area contributed by atoms with Crippen molar-refractivity contribution < 1.29 is 15.2 Å². The molecule has 1 unspecified atom stereocenters. The molecule has 0 aliphatic carbocycles. The third-order valence-electron chi connectivity index (χ3n) is 2.95. The second-order valence-corrected chi connectivity index (χ2v) is 4.50. The summed E-state index contributed by atoms with van der Waals surface area (Å²) in [6.45, 7) is 4.61. The van der Waals surface area contributed by atoms with Gasteiger partial charge in [-0.15, -0.1) is 0 Å². The van der Waals surface area contributed by atoms with E-state index in [0.717, 1.165) is 31.5 Å². The van der Waals surface area contributed by atoms with Crippen LogP contribution < -0.4 is 10.4 Å². The van der Waals surface area contributed by atoms with Crippen molar-refractivity contribution in [2.75, 3.05) is 11.4 Å². The van der Waals surface area contributed by atoms with E-state index in [0.29, 0.717) is 5.46 Å². The molecule has 0 bridgehead atoms. The maximum absolute atomic E-state index is 9.80. The molecule has 0 saturated carbocycles. The number of benzene rings is 1. The quantitative estimate of drug-likeness (QED) is 0.379. The third kappa shape index (κ3) is 4.33. The van der Waals surface area contributed by atoms with Crippen molar-refractivity contribution in [1.82, 2.24) is 0 Å². The highest BCUT2D eigenvalue weighted by molar-refractivity contribution is 6.58. The van der Waals surface area contributed by atoms with Crippen LogP contribution in [0.4, 0.5) is 5.69 Å². The molecule has 0 saturated heterocycles. The van der Waals surface area contributed by atoms with E-state index in [2.05, 4.69) is 6.92 Å². The Bertz CT molecular complexity index is 358. The molecule has 1 aromatic carbocycles. The van der Waals surface area contributed by atoms with Gasteiger partial charge in [-0.1, -0.05) is 31.9 Å². The largest absolute Gasteiger partial charge is 0.488 e. The number of unbranched alkanes of at least 4 members (excludes halogenated alkanes) is 2. The van der Waals surface area contributed by atoms with E-state index >= 15 is 0 Å². The highest BCUT2D eigenvalue weighted by atomic mass is 16.4. The Labute approximate surface area is 109 Å². The number of nitrogens with zero attached hydrogens (tertiary/aromatic N) is 1. The predicted octanol–water partition coefficient (Wildman–Crippen LogP) is 0.701. The van der Waals surface area contributed by atoms with Gasteiger partial charge < -0.3 is 20.1 Å². The lowest BCUT2D eigenvalue weighted by atomic mass is 9.80. The van der Waals surface area contributed by atoms with E-state index in [9.17, 15) is 5.11 Å². The van der Waals surface area contributed by atoms with Crippen LogP contribution in [-0.4, -0.2) is 35.0 Å². The van der Waals surface area contributed by atoms with Crippen LogP contribution in [0.3, 0.4) is 0 Å². The molecule has 1 atom stereocenters. The highest BCUT2D eigenvalue weighted by Gasteiger charge is 2.15. The first kappa shape index (κ1) is 15.0. The summed E-state index contributed by atoms with van der Waals surface area (Å²) in [6.07, 6.45) is 2.66. The standard InChI is InChI=1S/C13H22BNO3/c1-3-4-5-9-15(11(2)16)13-8-6-7-12(10-13)14(17)18/h6-8,10-11,16-18H,3-5,9H2,1-2H3. The van der Waals surface area contributed by atoms with Gasteiger partial charge in [0.15, 0.2) is 0 Å². The summed E-state index contributed by atoms with van der Waals surface area (Å²) >= 11 is 0. The van der Waals surface area contributed by atoms with E-state index in [1.807, 2.05) is 11.0 Å². The monoisotopic (exact) mass is 251 g/mol. The Morgan fingerprint density at radius 3 is 2.56 bits per heavy atom. The maximum Gasteiger partial charge on any atom is 0.488 e. The van der Waals surface area contributed by atoms with E-state index in [1.54, 1.807) is 25.1 Å². The third-order valence-corrected chi connectivity index (χ3v) is 2.95. The Hall–Kier alpha value is -1.04. The van der Waals surface area contributed by atoms with Gasteiger partial charge in [0.05, 0.1) is 0 Å². The summed E-state index contributed by atoms with van der Waals surface area (Å²) in [5.74, 6) is 0. The lowest BCUT2D eigenvalue weighted by molar-refractivity contribution is 0.187. The van der Waals surface area contributed by atoms with Gasteiger partial charge in [-0.2, -0.15) is 0 Å². The molecule has 4 nitrogen and oxygen atoms in total. The normalized spacial score (nSPS) is 12.3. The molecular weight excluding hydrogens is 229 g/mol. The minimum atomic E-state index is -1.48. The summed E-state index contributed by atoms with van der Waals surface area (Å²) in [4.78, 5) is 1.86. The van der Waals surface area contributed by atoms with Crippen molar-refractivity contribution in [3.63, 3.8) is 0 Å². The molecule has 1 rings (SSSR count). The molecule has 0 fully saturated rings. The SMILES string of the molecule is CCCCCN(c1cccc(B(O)O)c1)C(C)O. The van der Waals surface area contributed by atoms with Crippen molar-refractivity contribution >= 4 is 18.3 Å². The summed E-state index contributed by atoms with van der Waals surface area (Å²) in [7, 11) is -1.48. The van der Waals surface area contributed by atoms with Crippen LogP contribution in [0.15, 0.2) is 24.3 Å². The molecule has 0 amide bonds. The molecule has 0 spiro atoms. The number of hydrogen-bond donors (Lipinski definition) is 3. The van der Waals surface area contributed by atoms with Crippen molar-refractivity contribution in [1.29, 1.82) is 0 Å². The zero-order valence-electron chi connectivity index (χ0n) is 11.1. The molecule has 100 valence electrons. The molecule has 0 heterocycles. The first-order valence-corrected chi connectivity index (χ1v) is 6.47. The Morgan fingerprint density at radius 1 is 1.28 bits per heavy atom. The Kier molecular flexibility index (Phi) is 6.19. The zero-order valence-corrected chi connectivity index (χ0v) is 11.1. The number of aliphatic hydroxyl groups is 1. The average molecular weight is 251 g/mol. The van der Waals surface area contributed by atoms with Crippen LogP contribution in [0.1, 0.15) is 33.1 Å². The lowest BCUT2D eigenvalue weighted by Crippen LogP contribution is -2.36. The maximum atomic E-state index is 9.80. The molecule has 1 aromatic rings. The second kappa shape index (κ2) is 7.41. The number of hydrogen-bond acceptors (Lipinski definition) is 4. The van der Waals surface area contributed by atoms with Crippen LogP contribution in [-0.2, 0) is 0 Å². The molecular formula is C13H22BNO3. The van der Waals surface area contributed by atoms with Crippen molar-refractivity contribution in [3.05, 3.63) is 24.3 Å². The number of anilines is 1. The minimum absolute atomic E-state index is 0.439. The van der Waals surface area contributed by atoms with E-state index in [1.165, 1.54) is 0 Å². The summed E-state index contributed by atoms with van der Waals surface area (Å²) in [5.41, 5.74) is 1.25. The summed E-state index contributed by atoms with van der Waals surface area (Å²) < 4.78 is 0. The van der Waals surface area contributed by atoms with Crippen LogP contribution >= 0.6 is 0 Å². The molecule has 0 radical (unpaired) electrons. The molecule has 0 aromatic heterocycles. The fraction of sp³-hybridized carbons (Fsp3) is 0.538. The number of aliphatic hydroxyl groups excluding tert-OH is 1. The molecule has 0 aliphatic rings. The first-order chi connectivity index (χ1) is 8.56. The molecule has 5 heteroatoms. The van der Waals surface area contributed by atoms with Gasteiger partial charge in [-0.05, 0) is 30.9 Å². The second-order valence-electron chi connectivity index (χ2n) is 4.50. The fourth-order valence-corrected chi connectivity index (χ4v) is 1.93. The van der Waals surface area contributed by atoms with Gasteiger partial charge in [0, 0.05) is 12.2 Å². The summed E-state index contributed by atoms with van der Waals surface area (Å²) in [5, 5.41) is 28.1. The Balaban J connectivity index is 2.81. The van der Waals surface area contributed by atoms with Crippen molar-refractivity contribution in [2.24, 2.45) is 0 Å². The van der Waals surface area contributed by atoms with Gasteiger partial charge in [-0.25, -0.2) is 0 Å². The number of rotatable bonds is 7. The highest BCUT2D eigenvalue weighted by Crippen LogP contribution is 2.16. The van der Waals surface area contributed by atoms with Gasteiger partial charge in [0.25, 0.3) is 0 Å². The molecule has 0 aliphatic heterocycles.